The van der Waals surface area contributed by atoms with Gasteiger partial charge in [0.15, 0.2) is 0 Å². The summed E-state index contributed by atoms with van der Waals surface area (Å²) in [5.74, 6) is 0.213. The fourth-order valence-electron chi connectivity index (χ4n) is 5.60. The van der Waals surface area contributed by atoms with Crippen LogP contribution in [0.4, 0.5) is 11.5 Å². The van der Waals surface area contributed by atoms with E-state index in [-0.39, 0.29) is 23.8 Å². The number of pyridine rings is 1. The largest absolute Gasteiger partial charge is 0.397 e. The second-order valence-electron chi connectivity index (χ2n) is 9.19. The third kappa shape index (κ3) is 3.98. The first-order valence-corrected chi connectivity index (χ1v) is 13.6. The molecule has 8 heteroatoms. The molecular weight excluding hydrogens is 450 g/mol. The molecule has 0 atom stereocenters. The smallest absolute Gasteiger partial charge is 0.266 e. The highest BCUT2D eigenvalue weighted by atomic mass is 32.1. The highest BCUT2D eigenvalue weighted by molar-refractivity contribution is 7.21. The third-order valence-corrected chi connectivity index (χ3v) is 8.96. The minimum atomic E-state index is 0.0302. The van der Waals surface area contributed by atoms with Gasteiger partial charge in [0.2, 0.25) is 0 Å². The number of nitrogens with zero attached hydrogens (tertiary/aromatic N) is 3. The topological polar surface area (TPSA) is 109 Å². The summed E-state index contributed by atoms with van der Waals surface area (Å²) in [4.78, 5) is 21.9. The fraction of sp³-hybridized carbons (Fsp3) is 0.480. The number of nitriles is 1. The molecule has 2 aliphatic carbocycles. The lowest BCUT2D eigenvalue weighted by Crippen LogP contribution is -2.48. The van der Waals surface area contributed by atoms with Gasteiger partial charge in [-0.25, -0.2) is 4.98 Å². The summed E-state index contributed by atoms with van der Waals surface area (Å²) in [6.45, 7) is 0. The van der Waals surface area contributed by atoms with E-state index >= 15 is 0 Å². The van der Waals surface area contributed by atoms with E-state index in [4.69, 9.17) is 11.5 Å². The van der Waals surface area contributed by atoms with Crippen LogP contribution in [0.5, 0.6) is 0 Å². The number of aromatic nitrogens is 1. The van der Waals surface area contributed by atoms with Crippen molar-refractivity contribution in [3.05, 3.63) is 27.3 Å². The van der Waals surface area contributed by atoms with Crippen LogP contribution in [0.25, 0.3) is 21.3 Å². The first-order valence-electron chi connectivity index (χ1n) is 11.9. The number of nitrogens with two attached hydrogens (primary N) is 2. The van der Waals surface area contributed by atoms with Crippen LogP contribution < -0.4 is 11.5 Å². The second kappa shape index (κ2) is 9.32. The number of anilines is 2. The Balaban J connectivity index is 1.64. The van der Waals surface area contributed by atoms with Gasteiger partial charge < -0.3 is 16.4 Å². The SMILES string of the molecule is N#Cc1c(N)nc2sc(C(=O)N(C3CCCCC3)C3CCCCC3)c(N)c2c1-c1ccsc1. The molecule has 3 aromatic heterocycles. The summed E-state index contributed by atoms with van der Waals surface area (Å²) in [6.07, 6.45) is 11.5. The van der Waals surface area contributed by atoms with E-state index in [0.717, 1.165) is 31.2 Å². The molecule has 0 saturated heterocycles. The van der Waals surface area contributed by atoms with Gasteiger partial charge >= 0.3 is 0 Å². The monoisotopic (exact) mass is 479 g/mol. The molecule has 6 nitrogen and oxygen atoms in total. The maximum absolute atomic E-state index is 14.1. The summed E-state index contributed by atoms with van der Waals surface area (Å²) in [6, 6.07) is 4.72. The van der Waals surface area contributed by atoms with Crippen molar-refractivity contribution in [2.24, 2.45) is 0 Å². The van der Waals surface area contributed by atoms with Crippen LogP contribution >= 0.6 is 22.7 Å². The summed E-state index contributed by atoms with van der Waals surface area (Å²) in [5, 5.41) is 14.4. The molecule has 2 saturated carbocycles. The fourth-order valence-corrected chi connectivity index (χ4v) is 7.31. The van der Waals surface area contributed by atoms with Crippen molar-refractivity contribution >= 4 is 50.3 Å². The van der Waals surface area contributed by atoms with Crippen molar-refractivity contribution in [3.63, 3.8) is 0 Å². The average Bonchev–Trinajstić information content (AvgIpc) is 3.48. The second-order valence-corrected chi connectivity index (χ2v) is 11.0. The minimum absolute atomic E-state index is 0.0302. The maximum Gasteiger partial charge on any atom is 0.266 e. The lowest BCUT2D eigenvalue weighted by Gasteiger charge is -2.41. The number of hydrogen-bond acceptors (Lipinski definition) is 7. The zero-order valence-corrected chi connectivity index (χ0v) is 20.3. The molecule has 0 aromatic carbocycles. The number of amides is 1. The van der Waals surface area contributed by atoms with Gasteiger partial charge in [0.25, 0.3) is 5.91 Å². The van der Waals surface area contributed by atoms with E-state index in [9.17, 15) is 10.1 Å². The normalized spacial score (nSPS) is 17.8. The molecule has 3 heterocycles. The zero-order valence-electron chi connectivity index (χ0n) is 18.7. The summed E-state index contributed by atoms with van der Waals surface area (Å²) in [5.41, 5.74) is 15.2. The number of carbonyl (C=O) groups excluding carboxylic acids is 1. The summed E-state index contributed by atoms with van der Waals surface area (Å²) >= 11 is 2.87. The number of nitrogen functional groups attached to an aromatic ring is 2. The molecule has 1 amide bonds. The molecule has 0 spiro atoms. The van der Waals surface area contributed by atoms with E-state index < -0.39 is 0 Å². The maximum atomic E-state index is 14.1. The number of fused-ring (bicyclic) bond motifs is 1. The Hall–Kier alpha value is -2.63. The number of rotatable bonds is 4. The van der Waals surface area contributed by atoms with Crippen molar-refractivity contribution in [2.75, 3.05) is 11.5 Å². The molecule has 2 fully saturated rings. The van der Waals surface area contributed by atoms with Crippen LogP contribution in [0.1, 0.15) is 79.4 Å². The van der Waals surface area contributed by atoms with Gasteiger partial charge in [-0.05, 0) is 48.1 Å². The highest BCUT2D eigenvalue weighted by Gasteiger charge is 2.35. The molecule has 0 aliphatic heterocycles. The molecule has 2 aliphatic rings. The Morgan fingerprint density at radius 2 is 1.70 bits per heavy atom. The Labute approximate surface area is 202 Å². The predicted octanol–water partition coefficient (Wildman–Crippen LogP) is 6.17. The van der Waals surface area contributed by atoms with Gasteiger partial charge in [0, 0.05) is 23.0 Å². The Morgan fingerprint density at radius 3 is 2.24 bits per heavy atom. The minimum Gasteiger partial charge on any atom is -0.397 e. The van der Waals surface area contributed by atoms with Gasteiger partial charge in [-0.1, -0.05) is 38.5 Å². The third-order valence-electron chi connectivity index (χ3n) is 7.19. The number of thiophene rings is 2. The molecule has 33 heavy (non-hydrogen) atoms. The van der Waals surface area contributed by atoms with Crippen molar-refractivity contribution in [2.45, 2.75) is 76.3 Å². The van der Waals surface area contributed by atoms with Crippen LogP contribution in [0.3, 0.4) is 0 Å². The lowest BCUT2D eigenvalue weighted by atomic mass is 9.88. The Morgan fingerprint density at radius 1 is 1.06 bits per heavy atom. The molecule has 172 valence electrons. The van der Waals surface area contributed by atoms with Gasteiger partial charge in [-0.15, -0.1) is 11.3 Å². The quantitative estimate of drug-likeness (QED) is 0.465. The Bertz CT molecular complexity index is 1180. The van der Waals surface area contributed by atoms with Crippen LogP contribution in [-0.2, 0) is 0 Å². The Kier molecular flexibility index (Phi) is 6.26. The molecule has 0 radical (unpaired) electrons. The van der Waals surface area contributed by atoms with Crippen LogP contribution in [-0.4, -0.2) is 27.9 Å². The van der Waals surface area contributed by atoms with Crippen LogP contribution in [0, 0.1) is 11.3 Å². The molecule has 4 N–H and O–H groups in total. The molecule has 5 rings (SSSR count). The first-order chi connectivity index (χ1) is 16.1. The van der Waals surface area contributed by atoms with Gasteiger partial charge in [0.1, 0.15) is 27.2 Å². The molecule has 0 unspecified atom stereocenters. The van der Waals surface area contributed by atoms with Crippen molar-refractivity contribution in [1.82, 2.24) is 9.88 Å². The lowest BCUT2D eigenvalue weighted by molar-refractivity contribution is 0.0454. The van der Waals surface area contributed by atoms with Gasteiger partial charge in [0.05, 0.1) is 5.69 Å². The zero-order chi connectivity index (χ0) is 22.9. The standard InChI is InChI=1S/C25H29N5OS2/c26-13-18-19(15-11-12-32-14-15)20-21(27)22(33-24(20)29-23(18)28)25(31)30(16-7-3-1-4-8-16)17-9-5-2-6-10-17/h11-12,14,16-17H,1-10,27H2,(H2,28,29). The first kappa shape index (κ1) is 22.2. The van der Waals surface area contributed by atoms with Crippen molar-refractivity contribution in [1.29, 1.82) is 5.26 Å². The summed E-state index contributed by atoms with van der Waals surface area (Å²) in [7, 11) is 0. The van der Waals surface area contributed by atoms with Crippen LogP contribution in [0.2, 0.25) is 0 Å². The van der Waals surface area contributed by atoms with E-state index in [1.165, 1.54) is 49.9 Å². The molecule has 0 bridgehead atoms. The van der Waals surface area contributed by atoms with Gasteiger partial charge in [-0.2, -0.15) is 16.6 Å². The molecular formula is C25H29N5OS2. The summed E-state index contributed by atoms with van der Waals surface area (Å²) < 4.78 is 0. The van der Waals surface area contributed by atoms with Crippen molar-refractivity contribution < 1.29 is 4.79 Å². The van der Waals surface area contributed by atoms with E-state index in [0.29, 0.717) is 31.9 Å². The van der Waals surface area contributed by atoms with E-state index in [1.54, 1.807) is 11.3 Å². The number of carbonyl (C=O) groups is 1. The molecule has 3 aromatic rings. The van der Waals surface area contributed by atoms with E-state index in [2.05, 4.69) is 16.0 Å². The van der Waals surface area contributed by atoms with Crippen LogP contribution in [0.15, 0.2) is 16.8 Å². The highest BCUT2D eigenvalue weighted by Crippen LogP contribution is 2.44. The van der Waals surface area contributed by atoms with E-state index in [1.807, 2.05) is 16.8 Å². The number of hydrogen-bond donors (Lipinski definition) is 2. The van der Waals surface area contributed by atoms with Crippen molar-refractivity contribution in [3.8, 4) is 17.2 Å². The predicted molar refractivity (Wildman–Crippen MR) is 136 cm³/mol. The van der Waals surface area contributed by atoms with Gasteiger partial charge in [-0.3, -0.25) is 4.79 Å². The average molecular weight is 480 g/mol.